The summed E-state index contributed by atoms with van der Waals surface area (Å²) < 4.78 is 18.3. The van der Waals surface area contributed by atoms with E-state index in [-0.39, 0.29) is 12.5 Å². The quantitative estimate of drug-likeness (QED) is 0.266. The number of carbonyl (C=O) groups excluding carboxylic acids is 1. The average Bonchev–Trinajstić information content (AvgIpc) is 3.40. The van der Waals surface area contributed by atoms with Crippen molar-refractivity contribution in [3.8, 4) is 17.2 Å². The van der Waals surface area contributed by atoms with Crippen molar-refractivity contribution in [2.45, 2.75) is 19.6 Å². The second kappa shape index (κ2) is 11.3. The van der Waals surface area contributed by atoms with Gasteiger partial charge in [0.1, 0.15) is 36.2 Å². The third-order valence-corrected chi connectivity index (χ3v) is 7.04. The van der Waals surface area contributed by atoms with Crippen molar-refractivity contribution in [2.24, 2.45) is 0 Å². The largest absolute Gasteiger partial charge is 0.497 e. The number of anilines is 2. The molecule has 0 fully saturated rings. The second-order valence-electron chi connectivity index (χ2n) is 8.67. The minimum absolute atomic E-state index is 0.217. The summed E-state index contributed by atoms with van der Waals surface area (Å²) in [7, 11) is 3.10. The van der Waals surface area contributed by atoms with E-state index in [1.807, 2.05) is 31.2 Å². The number of ether oxygens (including phenoxy) is 3. The van der Waals surface area contributed by atoms with E-state index in [1.54, 1.807) is 48.2 Å². The molecule has 1 amide bonds. The monoisotopic (exact) mass is 565 g/mol. The average molecular weight is 566 g/mol. The summed E-state index contributed by atoms with van der Waals surface area (Å²) in [5, 5.41) is 11.6. The molecule has 1 aromatic heterocycles. The molecule has 2 heterocycles. The van der Waals surface area contributed by atoms with Gasteiger partial charge in [-0.05, 0) is 48.9 Å². The number of halogens is 2. The molecule has 0 unspecified atom stereocenters. The minimum Gasteiger partial charge on any atom is -0.497 e. The van der Waals surface area contributed by atoms with E-state index in [0.717, 1.165) is 5.56 Å². The fourth-order valence-electron chi connectivity index (χ4n) is 4.36. The number of nitrogens with zero attached hydrogens (tertiary/aromatic N) is 3. The summed E-state index contributed by atoms with van der Waals surface area (Å²) in [5.41, 5.74) is 3.16. The number of fused-ring (bicyclic) bond motifs is 1. The lowest BCUT2D eigenvalue weighted by Gasteiger charge is -2.29. The SMILES string of the molecule is COc1ccc(NC(=O)C2=C(C)Nc3ncnn3[C@@H]2c2ccc(OCc3c(Cl)cccc3Cl)cc2)c(OC)c1. The Bertz CT molecular complexity index is 1530. The van der Waals surface area contributed by atoms with E-state index in [0.29, 0.717) is 55.8 Å². The van der Waals surface area contributed by atoms with Crippen LogP contribution in [0.5, 0.6) is 17.2 Å². The van der Waals surface area contributed by atoms with Gasteiger partial charge < -0.3 is 24.8 Å². The van der Waals surface area contributed by atoms with Crippen molar-refractivity contribution in [1.29, 1.82) is 0 Å². The molecule has 1 aliphatic rings. The molecular formula is C28H25Cl2N5O4. The molecule has 1 atom stereocenters. The highest BCUT2D eigenvalue weighted by Crippen LogP contribution is 2.37. The summed E-state index contributed by atoms with van der Waals surface area (Å²) in [6.07, 6.45) is 1.45. The molecule has 5 rings (SSSR count). The number of methoxy groups -OCH3 is 2. The number of hydrogen-bond acceptors (Lipinski definition) is 7. The number of aromatic nitrogens is 3. The summed E-state index contributed by atoms with van der Waals surface area (Å²) in [6.45, 7) is 2.05. The van der Waals surface area contributed by atoms with E-state index in [1.165, 1.54) is 13.4 Å². The van der Waals surface area contributed by atoms with Gasteiger partial charge in [-0.1, -0.05) is 41.4 Å². The zero-order chi connectivity index (χ0) is 27.5. The van der Waals surface area contributed by atoms with Crippen molar-refractivity contribution in [2.75, 3.05) is 24.9 Å². The minimum atomic E-state index is -0.542. The molecule has 3 aromatic carbocycles. The zero-order valence-corrected chi connectivity index (χ0v) is 22.9. The maximum atomic E-state index is 13.7. The maximum Gasteiger partial charge on any atom is 0.255 e. The molecule has 39 heavy (non-hydrogen) atoms. The molecular weight excluding hydrogens is 541 g/mol. The summed E-state index contributed by atoms with van der Waals surface area (Å²) in [4.78, 5) is 18.0. The third-order valence-electron chi connectivity index (χ3n) is 6.34. The van der Waals surface area contributed by atoms with Gasteiger partial charge in [-0.2, -0.15) is 10.1 Å². The van der Waals surface area contributed by atoms with Crippen molar-refractivity contribution in [1.82, 2.24) is 14.8 Å². The Morgan fingerprint density at radius 1 is 1.03 bits per heavy atom. The molecule has 0 spiro atoms. The smallest absolute Gasteiger partial charge is 0.255 e. The van der Waals surface area contributed by atoms with E-state index < -0.39 is 6.04 Å². The Kier molecular flexibility index (Phi) is 7.63. The van der Waals surface area contributed by atoms with Crippen LogP contribution >= 0.6 is 23.2 Å². The molecule has 11 heteroatoms. The van der Waals surface area contributed by atoms with E-state index in [2.05, 4.69) is 20.7 Å². The van der Waals surface area contributed by atoms with Crippen LogP contribution in [-0.4, -0.2) is 34.9 Å². The fraction of sp³-hybridized carbons (Fsp3) is 0.179. The van der Waals surface area contributed by atoms with Gasteiger partial charge in [0.05, 0.1) is 25.5 Å². The van der Waals surface area contributed by atoms with E-state index >= 15 is 0 Å². The molecule has 4 aromatic rings. The number of benzene rings is 3. The summed E-state index contributed by atoms with van der Waals surface area (Å²) in [6, 6.07) is 17.4. The maximum absolute atomic E-state index is 13.7. The lowest BCUT2D eigenvalue weighted by molar-refractivity contribution is -0.113. The molecule has 0 saturated carbocycles. The van der Waals surface area contributed by atoms with E-state index in [4.69, 9.17) is 37.4 Å². The third kappa shape index (κ3) is 5.36. The Morgan fingerprint density at radius 3 is 2.44 bits per heavy atom. The first-order valence-corrected chi connectivity index (χ1v) is 12.7. The number of rotatable bonds is 8. The van der Waals surface area contributed by atoms with Gasteiger partial charge in [0.25, 0.3) is 5.91 Å². The van der Waals surface area contributed by atoms with Crippen LogP contribution in [0.2, 0.25) is 10.0 Å². The van der Waals surface area contributed by atoms with Crippen molar-refractivity contribution in [3.05, 3.63) is 99.4 Å². The van der Waals surface area contributed by atoms with Crippen molar-refractivity contribution in [3.63, 3.8) is 0 Å². The van der Waals surface area contributed by atoms with Crippen LogP contribution in [0.1, 0.15) is 24.1 Å². The van der Waals surface area contributed by atoms with Gasteiger partial charge in [0.2, 0.25) is 5.95 Å². The molecule has 0 saturated heterocycles. The number of allylic oxidation sites excluding steroid dienone is 1. The first-order chi connectivity index (χ1) is 18.9. The highest BCUT2D eigenvalue weighted by Gasteiger charge is 2.33. The van der Waals surface area contributed by atoms with Gasteiger partial charge >= 0.3 is 0 Å². The molecule has 9 nitrogen and oxygen atoms in total. The Labute approximate surface area is 235 Å². The van der Waals surface area contributed by atoms with Gasteiger partial charge in [-0.3, -0.25) is 4.79 Å². The van der Waals surface area contributed by atoms with Crippen molar-refractivity contribution < 1.29 is 19.0 Å². The standard InChI is InChI=1S/C28H25Cl2N5O4/c1-16-25(27(36)34-23-12-11-19(37-2)13-24(23)38-3)26(35-28(33-16)31-15-32-35)17-7-9-18(10-8-17)39-14-20-21(29)5-4-6-22(20)30/h4-13,15,26H,14H2,1-3H3,(H,34,36)(H,31,32,33)/t26-/m1/s1. The number of amides is 1. The topological polar surface area (TPSA) is 99.5 Å². The molecule has 1 aliphatic heterocycles. The van der Waals surface area contributed by atoms with Crippen LogP contribution < -0.4 is 24.8 Å². The highest BCUT2D eigenvalue weighted by molar-refractivity contribution is 6.35. The second-order valence-corrected chi connectivity index (χ2v) is 9.49. The van der Waals surface area contributed by atoms with Gasteiger partial charge in [0.15, 0.2) is 0 Å². The lowest BCUT2D eigenvalue weighted by Crippen LogP contribution is -2.31. The first kappa shape index (κ1) is 26.4. The van der Waals surface area contributed by atoms with Gasteiger partial charge in [0, 0.05) is 27.4 Å². The zero-order valence-electron chi connectivity index (χ0n) is 21.4. The van der Waals surface area contributed by atoms with Crippen LogP contribution in [0.4, 0.5) is 11.6 Å². The number of nitrogens with one attached hydrogen (secondary N) is 2. The number of carbonyl (C=O) groups is 1. The molecule has 0 radical (unpaired) electrons. The molecule has 200 valence electrons. The van der Waals surface area contributed by atoms with Gasteiger partial charge in [-0.15, -0.1) is 0 Å². The Balaban J connectivity index is 1.42. The predicted molar refractivity (Wildman–Crippen MR) is 150 cm³/mol. The first-order valence-electron chi connectivity index (χ1n) is 12.0. The molecule has 0 bridgehead atoms. The number of hydrogen-bond donors (Lipinski definition) is 2. The summed E-state index contributed by atoms with van der Waals surface area (Å²) >= 11 is 12.5. The Hall–Kier alpha value is -4.21. The normalized spacial score (nSPS) is 14.3. The molecule has 0 aliphatic carbocycles. The van der Waals surface area contributed by atoms with Crippen LogP contribution in [0.3, 0.4) is 0 Å². The van der Waals surface area contributed by atoms with Crippen LogP contribution in [0.25, 0.3) is 0 Å². The Morgan fingerprint density at radius 2 is 1.74 bits per heavy atom. The molecule has 2 N–H and O–H groups in total. The predicted octanol–water partition coefficient (Wildman–Crippen LogP) is 6.11. The highest BCUT2D eigenvalue weighted by atomic mass is 35.5. The van der Waals surface area contributed by atoms with Gasteiger partial charge in [-0.25, -0.2) is 4.68 Å². The lowest BCUT2D eigenvalue weighted by atomic mass is 9.95. The van der Waals surface area contributed by atoms with E-state index in [9.17, 15) is 4.79 Å². The van der Waals surface area contributed by atoms with Crippen LogP contribution in [0.15, 0.2) is 78.3 Å². The summed E-state index contributed by atoms with van der Waals surface area (Å²) in [5.74, 6) is 1.93. The fourth-order valence-corrected chi connectivity index (χ4v) is 4.86. The van der Waals surface area contributed by atoms with Crippen molar-refractivity contribution >= 4 is 40.7 Å². The van der Waals surface area contributed by atoms with Crippen LogP contribution in [-0.2, 0) is 11.4 Å². The van der Waals surface area contributed by atoms with Crippen LogP contribution in [0, 0.1) is 0 Å².